The van der Waals surface area contributed by atoms with Crippen molar-refractivity contribution in [2.75, 3.05) is 11.9 Å². The number of halogens is 3. The number of carbonyl (C=O) groups excluding carboxylic acids is 1. The van der Waals surface area contributed by atoms with Gasteiger partial charge in [0.15, 0.2) is 6.61 Å². The minimum Gasteiger partial charge on any atom is -0.484 e. The molecule has 6 nitrogen and oxygen atoms in total. The number of anilines is 1. The number of para-hydroxylation sites is 1. The minimum atomic E-state index is -4.58. The maximum Gasteiger partial charge on any atom is 0.418 e. The van der Waals surface area contributed by atoms with E-state index in [1.165, 1.54) is 18.2 Å². The maximum atomic E-state index is 13.1. The van der Waals surface area contributed by atoms with Crippen LogP contribution in [0.15, 0.2) is 83.4 Å². The van der Waals surface area contributed by atoms with Gasteiger partial charge >= 0.3 is 6.18 Å². The fourth-order valence-electron chi connectivity index (χ4n) is 2.94. The molecule has 0 atom stereocenters. The molecule has 1 aromatic heterocycles. The van der Waals surface area contributed by atoms with Gasteiger partial charge in [0.25, 0.3) is 11.8 Å². The smallest absolute Gasteiger partial charge is 0.418 e. The number of aromatic nitrogens is 2. The third-order valence-electron chi connectivity index (χ3n) is 4.42. The number of amides is 1. The SMILES string of the molecule is O=C(COc1cccc(-c2nc(-c3ccccc3)no2)c1)Nc1ccccc1C(F)(F)F. The monoisotopic (exact) mass is 439 g/mol. The van der Waals surface area contributed by atoms with Crippen LogP contribution < -0.4 is 10.1 Å². The summed E-state index contributed by atoms with van der Waals surface area (Å²) in [6.45, 7) is -0.477. The van der Waals surface area contributed by atoms with Gasteiger partial charge < -0.3 is 14.6 Å². The van der Waals surface area contributed by atoms with Crippen LogP contribution in [-0.2, 0) is 11.0 Å². The molecule has 0 aliphatic rings. The van der Waals surface area contributed by atoms with Crippen molar-refractivity contribution in [2.45, 2.75) is 6.18 Å². The van der Waals surface area contributed by atoms with E-state index < -0.39 is 24.3 Å². The summed E-state index contributed by atoms with van der Waals surface area (Å²) < 4.78 is 49.9. The van der Waals surface area contributed by atoms with Crippen molar-refractivity contribution in [3.8, 4) is 28.6 Å². The molecule has 0 radical (unpaired) electrons. The fraction of sp³-hybridized carbons (Fsp3) is 0.0870. The van der Waals surface area contributed by atoms with E-state index >= 15 is 0 Å². The summed E-state index contributed by atoms with van der Waals surface area (Å²) in [6.07, 6.45) is -4.58. The van der Waals surface area contributed by atoms with Crippen LogP contribution in [-0.4, -0.2) is 22.7 Å². The molecule has 0 saturated carbocycles. The second-order valence-corrected chi connectivity index (χ2v) is 6.70. The number of carbonyl (C=O) groups is 1. The molecule has 3 aromatic carbocycles. The zero-order chi connectivity index (χ0) is 22.6. The van der Waals surface area contributed by atoms with E-state index in [0.29, 0.717) is 17.1 Å². The van der Waals surface area contributed by atoms with Crippen molar-refractivity contribution in [1.29, 1.82) is 0 Å². The quantitative estimate of drug-likeness (QED) is 0.433. The fourth-order valence-corrected chi connectivity index (χ4v) is 2.94. The first kappa shape index (κ1) is 21.1. The van der Waals surface area contributed by atoms with Crippen molar-refractivity contribution in [2.24, 2.45) is 0 Å². The normalized spacial score (nSPS) is 11.2. The molecule has 0 saturated heterocycles. The molecule has 4 rings (SSSR count). The van der Waals surface area contributed by atoms with Gasteiger partial charge in [-0.05, 0) is 30.3 Å². The largest absolute Gasteiger partial charge is 0.484 e. The molecule has 162 valence electrons. The van der Waals surface area contributed by atoms with Crippen molar-refractivity contribution < 1.29 is 27.2 Å². The first-order valence-corrected chi connectivity index (χ1v) is 9.48. The van der Waals surface area contributed by atoms with Crippen LogP contribution in [0.4, 0.5) is 18.9 Å². The third kappa shape index (κ3) is 4.94. The Morgan fingerprint density at radius 2 is 1.66 bits per heavy atom. The average Bonchev–Trinajstić information content (AvgIpc) is 3.29. The molecule has 0 aliphatic heterocycles. The predicted octanol–water partition coefficient (Wildman–Crippen LogP) is 5.44. The van der Waals surface area contributed by atoms with Gasteiger partial charge in [0.2, 0.25) is 5.82 Å². The first-order valence-electron chi connectivity index (χ1n) is 9.48. The Balaban J connectivity index is 1.42. The number of alkyl halides is 3. The van der Waals surface area contributed by atoms with Gasteiger partial charge in [0.05, 0.1) is 11.3 Å². The molecule has 1 heterocycles. The second-order valence-electron chi connectivity index (χ2n) is 6.70. The lowest BCUT2D eigenvalue weighted by Crippen LogP contribution is -2.22. The summed E-state index contributed by atoms with van der Waals surface area (Å²) >= 11 is 0. The van der Waals surface area contributed by atoms with Crippen LogP contribution in [0.3, 0.4) is 0 Å². The van der Waals surface area contributed by atoms with Gasteiger partial charge in [-0.2, -0.15) is 18.2 Å². The highest BCUT2D eigenvalue weighted by atomic mass is 19.4. The van der Waals surface area contributed by atoms with Crippen molar-refractivity contribution in [3.63, 3.8) is 0 Å². The van der Waals surface area contributed by atoms with E-state index in [4.69, 9.17) is 9.26 Å². The molecule has 32 heavy (non-hydrogen) atoms. The molecular weight excluding hydrogens is 423 g/mol. The van der Waals surface area contributed by atoms with E-state index in [2.05, 4.69) is 15.5 Å². The number of hydrogen-bond acceptors (Lipinski definition) is 5. The van der Waals surface area contributed by atoms with E-state index in [-0.39, 0.29) is 11.6 Å². The summed E-state index contributed by atoms with van der Waals surface area (Å²) in [4.78, 5) is 16.5. The summed E-state index contributed by atoms with van der Waals surface area (Å²) in [7, 11) is 0. The number of hydrogen-bond donors (Lipinski definition) is 1. The van der Waals surface area contributed by atoms with E-state index in [1.54, 1.807) is 24.3 Å². The van der Waals surface area contributed by atoms with Crippen molar-refractivity contribution in [1.82, 2.24) is 10.1 Å². The maximum absolute atomic E-state index is 13.1. The summed E-state index contributed by atoms with van der Waals surface area (Å²) in [5, 5.41) is 6.19. The zero-order valence-electron chi connectivity index (χ0n) is 16.5. The number of nitrogens with zero attached hydrogens (tertiary/aromatic N) is 2. The lowest BCUT2D eigenvalue weighted by molar-refractivity contribution is -0.137. The topological polar surface area (TPSA) is 77.2 Å². The molecule has 0 fully saturated rings. The molecular formula is C23H16F3N3O3. The Bertz CT molecular complexity index is 1220. The summed E-state index contributed by atoms with van der Waals surface area (Å²) in [5.74, 6) is 0.282. The van der Waals surface area contributed by atoms with Gasteiger partial charge in [-0.3, -0.25) is 4.79 Å². The van der Waals surface area contributed by atoms with Crippen LogP contribution >= 0.6 is 0 Å². The molecule has 0 aliphatic carbocycles. The van der Waals surface area contributed by atoms with Crippen molar-refractivity contribution >= 4 is 11.6 Å². The number of nitrogens with one attached hydrogen (secondary N) is 1. The number of benzene rings is 3. The van der Waals surface area contributed by atoms with Crippen LogP contribution in [0, 0.1) is 0 Å². The first-order chi connectivity index (χ1) is 15.4. The van der Waals surface area contributed by atoms with Gasteiger partial charge in [0.1, 0.15) is 5.75 Å². The molecule has 0 spiro atoms. The van der Waals surface area contributed by atoms with Crippen LogP contribution in [0.25, 0.3) is 22.8 Å². The van der Waals surface area contributed by atoms with Crippen molar-refractivity contribution in [3.05, 3.63) is 84.4 Å². The molecule has 1 amide bonds. The second kappa shape index (κ2) is 8.93. The van der Waals surface area contributed by atoms with Crippen LogP contribution in [0.1, 0.15) is 5.56 Å². The van der Waals surface area contributed by atoms with Gasteiger partial charge in [-0.15, -0.1) is 0 Å². The average molecular weight is 439 g/mol. The van der Waals surface area contributed by atoms with E-state index in [1.807, 2.05) is 30.3 Å². The highest BCUT2D eigenvalue weighted by Gasteiger charge is 2.33. The Kier molecular flexibility index (Phi) is 5.89. The Morgan fingerprint density at radius 3 is 2.44 bits per heavy atom. The highest BCUT2D eigenvalue weighted by molar-refractivity contribution is 5.92. The summed E-state index contributed by atoms with van der Waals surface area (Å²) in [6, 6.07) is 20.6. The van der Waals surface area contributed by atoms with Crippen LogP contribution in [0.2, 0.25) is 0 Å². The van der Waals surface area contributed by atoms with E-state index in [9.17, 15) is 18.0 Å². The molecule has 4 aromatic rings. The Labute approximate surface area is 180 Å². The molecule has 0 unspecified atom stereocenters. The third-order valence-corrected chi connectivity index (χ3v) is 4.42. The summed E-state index contributed by atoms with van der Waals surface area (Å²) in [5.41, 5.74) is 0.105. The molecule has 0 bridgehead atoms. The number of ether oxygens (including phenoxy) is 1. The standard InChI is InChI=1S/C23H16F3N3O3/c24-23(25,26)18-11-4-5-12-19(18)27-20(30)14-31-17-10-6-9-16(13-17)22-28-21(29-32-22)15-7-2-1-3-8-15/h1-13H,14H2,(H,27,30). The predicted molar refractivity (Wildman–Crippen MR) is 111 cm³/mol. The lowest BCUT2D eigenvalue weighted by atomic mass is 10.1. The molecule has 1 N–H and O–H groups in total. The van der Waals surface area contributed by atoms with Crippen LogP contribution in [0.5, 0.6) is 5.75 Å². The zero-order valence-corrected chi connectivity index (χ0v) is 16.5. The highest BCUT2D eigenvalue weighted by Crippen LogP contribution is 2.34. The van der Waals surface area contributed by atoms with Gasteiger partial charge in [0, 0.05) is 11.1 Å². The Hall–Kier alpha value is -4.14. The Morgan fingerprint density at radius 1 is 0.938 bits per heavy atom. The minimum absolute atomic E-state index is 0.262. The molecule has 9 heteroatoms. The lowest BCUT2D eigenvalue weighted by Gasteiger charge is -2.13. The number of rotatable bonds is 6. The van der Waals surface area contributed by atoms with Gasteiger partial charge in [-0.25, -0.2) is 0 Å². The van der Waals surface area contributed by atoms with Gasteiger partial charge in [-0.1, -0.05) is 53.7 Å². The van der Waals surface area contributed by atoms with E-state index in [0.717, 1.165) is 11.6 Å².